The third-order valence-corrected chi connectivity index (χ3v) is 3.93. The van der Waals surface area contributed by atoms with E-state index in [1.165, 1.54) is 12.8 Å². The molecule has 1 aliphatic carbocycles. The average molecular weight is 344 g/mol. The van der Waals surface area contributed by atoms with Crippen LogP contribution in [0, 0.1) is 5.92 Å². The molecule has 0 atom stereocenters. The molecule has 1 aliphatic rings. The molecule has 0 bridgehead atoms. The Morgan fingerprint density at radius 3 is 2.90 bits per heavy atom. The summed E-state index contributed by atoms with van der Waals surface area (Å²) in [6.45, 7) is 3.43. The fourth-order valence-electron chi connectivity index (χ4n) is 1.95. The standard InChI is InChI=1S/C15H22BrNO3/c1-19-14-8-12(7-13(16)15(14)18)9-17-5-2-6-20-10-11-3-4-11/h7-8,11,17-18H,2-6,9-10H2,1H3. The number of phenolic OH excluding ortho intramolecular Hbond substituents is 1. The van der Waals surface area contributed by atoms with Crippen LogP contribution in [0.3, 0.4) is 0 Å². The van der Waals surface area contributed by atoms with Crippen LogP contribution in [0.4, 0.5) is 0 Å². The second-order valence-corrected chi connectivity index (χ2v) is 6.03. The van der Waals surface area contributed by atoms with Crippen molar-refractivity contribution in [1.82, 2.24) is 5.32 Å². The van der Waals surface area contributed by atoms with Gasteiger partial charge in [-0.05, 0) is 65.4 Å². The summed E-state index contributed by atoms with van der Waals surface area (Å²) < 4.78 is 11.4. The van der Waals surface area contributed by atoms with Gasteiger partial charge in [-0.3, -0.25) is 0 Å². The summed E-state index contributed by atoms with van der Waals surface area (Å²) >= 11 is 3.32. The van der Waals surface area contributed by atoms with Gasteiger partial charge in [0.15, 0.2) is 11.5 Å². The maximum atomic E-state index is 9.73. The van der Waals surface area contributed by atoms with Crippen molar-refractivity contribution in [3.05, 3.63) is 22.2 Å². The van der Waals surface area contributed by atoms with Crippen molar-refractivity contribution in [2.24, 2.45) is 5.92 Å². The second kappa shape index (κ2) is 7.86. The number of ether oxygens (including phenoxy) is 2. The SMILES string of the molecule is COc1cc(CNCCCOCC2CC2)cc(Br)c1O. The van der Waals surface area contributed by atoms with Crippen LogP contribution in [0.1, 0.15) is 24.8 Å². The Hall–Kier alpha value is -0.780. The molecule has 0 amide bonds. The molecule has 0 saturated heterocycles. The molecule has 1 aromatic rings. The molecule has 20 heavy (non-hydrogen) atoms. The number of halogens is 1. The fourth-order valence-corrected chi connectivity index (χ4v) is 2.44. The molecule has 5 heteroatoms. The first-order valence-electron chi connectivity index (χ1n) is 7.04. The van der Waals surface area contributed by atoms with Gasteiger partial charge in [-0.1, -0.05) is 0 Å². The summed E-state index contributed by atoms with van der Waals surface area (Å²) in [6, 6.07) is 3.74. The lowest BCUT2D eigenvalue weighted by Gasteiger charge is -2.10. The van der Waals surface area contributed by atoms with Crippen molar-refractivity contribution in [3.63, 3.8) is 0 Å². The summed E-state index contributed by atoms with van der Waals surface area (Å²) in [6.07, 6.45) is 3.70. The summed E-state index contributed by atoms with van der Waals surface area (Å²) in [5.74, 6) is 1.47. The van der Waals surface area contributed by atoms with Gasteiger partial charge in [-0.2, -0.15) is 0 Å². The van der Waals surface area contributed by atoms with Gasteiger partial charge in [-0.25, -0.2) is 0 Å². The number of hydrogen-bond donors (Lipinski definition) is 2. The third-order valence-electron chi connectivity index (χ3n) is 3.33. The van der Waals surface area contributed by atoms with E-state index in [-0.39, 0.29) is 5.75 Å². The molecule has 1 aromatic carbocycles. The number of rotatable bonds is 9. The van der Waals surface area contributed by atoms with E-state index >= 15 is 0 Å². The largest absolute Gasteiger partial charge is 0.503 e. The zero-order valence-electron chi connectivity index (χ0n) is 11.8. The predicted octanol–water partition coefficient (Wildman–Crippen LogP) is 3.07. The molecular weight excluding hydrogens is 322 g/mol. The molecule has 0 aliphatic heterocycles. The van der Waals surface area contributed by atoms with Crippen LogP contribution in [-0.4, -0.2) is 32.0 Å². The number of aromatic hydroxyl groups is 1. The lowest BCUT2D eigenvalue weighted by molar-refractivity contribution is 0.122. The highest BCUT2D eigenvalue weighted by molar-refractivity contribution is 9.10. The predicted molar refractivity (Wildman–Crippen MR) is 82.2 cm³/mol. The van der Waals surface area contributed by atoms with Gasteiger partial charge in [0.1, 0.15) is 0 Å². The molecular formula is C15H22BrNO3. The molecule has 4 nitrogen and oxygen atoms in total. The van der Waals surface area contributed by atoms with Crippen LogP contribution in [-0.2, 0) is 11.3 Å². The first-order valence-corrected chi connectivity index (χ1v) is 7.84. The Labute approximate surface area is 128 Å². The van der Waals surface area contributed by atoms with Crippen LogP contribution in [0.2, 0.25) is 0 Å². The van der Waals surface area contributed by atoms with E-state index in [1.54, 1.807) is 7.11 Å². The highest BCUT2D eigenvalue weighted by Gasteiger charge is 2.20. The summed E-state index contributed by atoms with van der Waals surface area (Å²) in [5.41, 5.74) is 1.07. The van der Waals surface area contributed by atoms with Crippen LogP contribution in [0.15, 0.2) is 16.6 Å². The third kappa shape index (κ3) is 4.96. The van der Waals surface area contributed by atoms with Crippen molar-refractivity contribution in [3.8, 4) is 11.5 Å². The topological polar surface area (TPSA) is 50.7 Å². The minimum atomic E-state index is 0.143. The van der Waals surface area contributed by atoms with E-state index in [0.29, 0.717) is 10.2 Å². The lowest BCUT2D eigenvalue weighted by atomic mass is 10.2. The monoisotopic (exact) mass is 343 g/mol. The van der Waals surface area contributed by atoms with Crippen molar-refractivity contribution >= 4 is 15.9 Å². The van der Waals surface area contributed by atoms with E-state index in [4.69, 9.17) is 9.47 Å². The molecule has 0 radical (unpaired) electrons. The maximum absolute atomic E-state index is 9.73. The van der Waals surface area contributed by atoms with Gasteiger partial charge in [-0.15, -0.1) is 0 Å². The lowest BCUT2D eigenvalue weighted by Crippen LogP contribution is -2.16. The van der Waals surface area contributed by atoms with Crippen molar-refractivity contribution < 1.29 is 14.6 Å². The molecule has 112 valence electrons. The average Bonchev–Trinajstić information content (AvgIpc) is 3.25. The molecule has 1 saturated carbocycles. The summed E-state index contributed by atoms with van der Waals surface area (Å²) in [5, 5.41) is 13.1. The second-order valence-electron chi connectivity index (χ2n) is 5.18. The molecule has 2 N–H and O–H groups in total. The van der Waals surface area contributed by atoms with Crippen molar-refractivity contribution in [2.45, 2.75) is 25.8 Å². The first-order chi connectivity index (χ1) is 9.70. The Morgan fingerprint density at radius 1 is 1.40 bits per heavy atom. The maximum Gasteiger partial charge on any atom is 0.172 e. The molecule has 1 fully saturated rings. The molecule has 2 rings (SSSR count). The quantitative estimate of drug-likeness (QED) is 0.676. The minimum Gasteiger partial charge on any atom is -0.503 e. The van der Waals surface area contributed by atoms with E-state index in [0.717, 1.165) is 44.2 Å². The van der Waals surface area contributed by atoms with Gasteiger partial charge in [0, 0.05) is 19.8 Å². The van der Waals surface area contributed by atoms with Gasteiger partial charge in [0.05, 0.1) is 11.6 Å². The summed E-state index contributed by atoms with van der Waals surface area (Å²) in [7, 11) is 1.55. The molecule has 0 heterocycles. The number of methoxy groups -OCH3 is 1. The highest BCUT2D eigenvalue weighted by atomic mass is 79.9. The first kappa shape index (κ1) is 15.6. The zero-order valence-corrected chi connectivity index (χ0v) is 13.4. The number of hydrogen-bond acceptors (Lipinski definition) is 4. The minimum absolute atomic E-state index is 0.143. The normalized spacial score (nSPS) is 14.5. The Bertz CT molecular complexity index is 435. The molecule has 0 spiro atoms. The number of benzene rings is 1. The summed E-state index contributed by atoms with van der Waals surface area (Å²) in [4.78, 5) is 0. The van der Waals surface area contributed by atoms with Crippen LogP contribution < -0.4 is 10.1 Å². The Balaban J connectivity index is 1.64. The van der Waals surface area contributed by atoms with E-state index in [2.05, 4.69) is 21.2 Å². The van der Waals surface area contributed by atoms with Gasteiger partial charge < -0.3 is 19.9 Å². The Morgan fingerprint density at radius 2 is 2.20 bits per heavy atom. The zero-order chi connectivity index (χ0) is 14.4. The smallest absolute Gasteiger partial charge is 0.172 e. The van der Waals surface area contributed by atoms with E-state index in [1.807, 2.05) is 12.1 Å². The van der Waals surface area contributed by atoms with E-state index in [9.17, 15) is 5.11 Å². The van der Waals surface area contributed by atoms with Crippen molar-refractivity contribution in [1.29, 1.82) is 0 Å². The van der Waals surface area contributed by atoms with Crippen molar-refractivity contribution in [2.75, 3.05) is 26.9 Å². The van der Waals surface area contributed by atoms with Crippen LogP contribution >= 0.6 is 15.9 Å². The Kier molecular flexibility index (Phi) is 6.13. The molecule has 0 unspecified atom stereocenters. The number of phenols is 1. The van der Waals surface area contributed by atoms with Crippen LogP contribution in [0.5, 0.6) is 11.5 Å². The van der Waals surface area contributed by atoms with Gasteiger partial charge in [0.25, 0.3) is 0 Å². The fraction of sp³-hybridized carbons (Fsp3) is 0.600. The van der Waals surface area contributed by atoms with Crippen LogP contribution in [0.25, 0.3) is 0 Å². The van der Waals surface area contributed by atoms with Gasteiger partial charge >= 0.3 is 0 Å². The number of nitrogens with one attached hydrogen (secondary N) is 1. The van der Waals surface area contributed by atoms with Gasteiger partial charge in [0.2, 0.25) is 0 Å². The van der Waals surface area contributed by atoms with E-state index < -0.39 is 0 Å². The molecule has 0 aromatic heterocycles. The highest BCUT2D eigenvalue weighted by Crippen LogP contribution is 2.35.